The lowest BCUT2D eigenvalue weighted by Crippen LogP contribution is -2.22. The van der Waals surface area contributed by atoms with Gasteiger partial charge in [0.1, 0.15) is 0 Å². The fourth-order valence-electron chi connectivity index (χ4n) is 3.11. The van der Waals surface area contributed by atoms with Crippen LogP contribution in [0.2, 0.25) is 0 Å². The van der Waals surface area contributed by atoms with E-state index in [0.29, 0.717) is 11.7 Å². The molecule has 1 saturated carbocycles. The largest absolute Gasteiger partial charge is 0.326 e. The zero-order valence-corrected chi connectivity index (χ0v) is 16.7. The van der Waals surface area contributed by atoms with Crippen LogP contribution >= 0.6 is 23.7 Å². The molecule has 1 aliphatic rings. The molecule has 0 spiro atoms. The highest BCUT2D eigenvalue weighted by atomic mass is 35.5. The maximum atomic E-state index is 12.3. The summed E-state index contributed by atoms with van der Waals surface area (Å²) in [5.74, 6) is -0.205. The molecular weight excluding hydrogens is 388 g/mol. The van der Waals surface area contributed by atoms with Crippen LogP contribution < -0.4 is 10.1 Å². The lowest BCUT2D eigenvalue weighted by Gasteiger charge is -2.16. The van der Waals surface area contributed by atoms with Crippen LogP contribution in [0.15, 0.2) is 34.6 Å². The Morgan fingerprint density at radius 1 is 1.37 bits per heavy atom. The molecule has 7 nitrogen and oxygen atoms in total. The molecule has 1 heterocycles. The number of thiazole rings is 1. The number of rotatable bonds is 5. The number of benzene rings is 1. The molecule has 2 aromatic rings. The van der Waals surface area contributed by atoms with E-state index in [1.165, 1.54) is 31.4 Å². The molecule has 1 fully saturated rings. The van der Waals surface area contributed by atoms with Crippen LogP contribution in [0.25, 0.3) is 0 Å². The Hall–Kier alpha value is -2.19. The predicted octanol–water partition coefficient (Wildman–Crippen LogP) is 3.83. The Morgan fingerprint density at radius 3 is 2.81 bits per heavy atom. The molecule has 0 atom stereocenters. The predicted molar refractivity (Wildman–Crippen MR) is 108 cm³/mol. The minimum absolute atomic E-state index is 0. The highest BCUT2D eigenvalue weighted by Crippen LogP contribution is 2.20. The molecule has 146 valence electrons. The zero-order chi connectivity index (χ0) is 18.5. The monoisotopic (exact) mass is 410 g/mol. The first-order valence-electron chi connectivity index (χ1n) is 8.74. The summed E-state index contributed by atoms with van der Waals surface area (Å²) in [4.78, 5) is 28.4. The molecule has 1 aliphatic carbocycles. The number of anilines is 1. The third-order valence-corrected chi connectivity index (χ3v) is 5.55. The summed E-state index contributed by atoms with van der Waals surface area (Å²) in [6.45, 7) is 0. The van der Waals surface area contributed by atoms with Crippen LogP contribution in [-0.4, -0.2) is 21.4 Å². The van der Waals surface area contributed by atoms with Crippen LogP contribution in [-0.2, 0) is 18.3 Å². The van der Waals surface area contributed by atoms with Gasteiger partial charge in [0.25, 0.3) is 5.69 Å². The molecule has 1 aromatic heterocycles. The van der Waals surface area contributed by atoms with Gasteiger partial charge in [-0.1, -0.05) is 25.3 Å². The summed E-state index contributed by atoms with van der Waals surface area (Å²) in [6.07, 6.45) is 6.26. The van der Waals surface area contributed by atoms with Gasteiger partial charge in [0, 0.05) is 35.9 Å². The lowest BCUT2D eigenvalue weighted by atomic mass is 9.96. The number of aromatic nitrogens is 1. The standard InChI is InChI=1S/C18H22N4O3S.ClH/c1-21-16(12-26-18(21)20-13-6-3-2-4-7-13)11-17(23)19-14-8-5-9-15(10-14)22(24)25;/h5,8-10,12-13H,2-4,6-7,11H2,1H3,(H,19,23);1H. The average Bonchev–Trinajstić information content (AvgIpc) is 2.96. The first kappa shape index (κ1) is 21.1. The normalized spacial score (nSPS) is 15.2. The van der Waals surface area contributed by atoms with Crippen LogP contribution in [0.5, 0.6) is 0 Å². The van der Waals surface area contributed by atoms with E-state index in [4.69, 9.17) is 4.99 Å². The number of nitrogens with one attached hydrogen (secondary N) is 1. The van der Waals surface area contributed by atoms with E-state index in [9.17, 15) is 14.9 Å². The Kier molecular flexibility index (Phi) is 7.55. The molecule has 0 bridgehead atoms. The van der Waals surface area contributed by atoms with Gasteiger partial charge in [0.05, 0.1) is 17.4 Å². The van der Waals surface area contributed by atoms with Gasteiger partial charge in [-0.15, -0.1) is 23.7 Å². The number of hydrogen-bond donors (Lipinski definition) is 1. The molecule has 1 amide bonds. The van der Waals surface area contributed by atoms with Crippen molar-refractivity contribution in [1.82, 2.24) is 4.57 Å². The van der Waals surface area contributed by atoms with Gasteiger partial charge >= 0.3 is 0 Å². The second-order valence-electron chi connectivity index (χ2n) is 6.52. The van der Waals surface area contributed by atoms with E-state index in [1.54, 1.807) is 23.5 Å². The van der Waals surface area contributed by atoms with Gasteiger partial charge in [0.15, 0.2) is 4.80 Å². The van der Waals surface area contributed by atoms with Gasteiger partial charge in [-0.05, 0) is 18.9 Å². The van der Waals surface area contributed by atoms with Crippen LogP contribution in [0.4, 0.5) is 11.4 Å². The van der Waals surface area contributed by atoms with E-state index in [-0.39, 0.29) is 30.4 Å². The summed E-state index contributed by atoms with van der Waals surface area (Å²) in [7, 11) is 1.92. The number of hydrogen-bond acceptors (Lipinski definition) is 5. The van der Waals surface area contributed by atoms with Crippen molar-refractivity contribution < 1.29 is 9.72 Å². The van der Waals surface area contributed by atoms with Crippen molar-refractivity contribution in [3.8, 4) is 0 Å². The maximum Gasteiger partial charge on any atom is 0.271 e. The van der Waals surface area contributed by atoms with E-state index in [2.05, 4.69) is 5.32 Å². The Morgan fingerprint density at radius 2 is 2.11 bits per heavy atom. The first-order chi connectivity index (χ1) is 12.5. The molecule has 0 aliphatic heterocycles. The van der Waals surface area contributed by atoms with Crippen molar-refractivity contribution in [2.75, 3.05) is 5.32 Å². The highest BCUT2D eigenvalue weighted by Gasteiger charge is 2.14. The number of halogens is 1. The Balaban J connectivity index is 0.00000261. The Labute approximate surface area is 167 Å². The summed E-state index contributed by atoms with van der Waals surface area (Å²) in [5, 5.41) is 15.5. The number of non-ortho nitro benzene ring substituents is 1. The number of nitrogens with zero attached hydrogens (tertiary/aromatic N) is 3. The topological polar surface area (TPSA) is 89.5 Å². The summed E-state index contributed by atoms with van der Waals surface area (Å²) in [6, 6.07) is 6.34. The molecule has 9 heteroatoms. The van der Waals surface area contributed by atoms with E-state index in [1.807, 2.05) is 17.0 Å². The Bertz CT molecular complexity index is 871. The first-order valence-corrected chi connectivity index (χ1v) is 9.62. The number of nitro groups is 1. The quantitative estimate of drug-likeness (QED) is 0.599. The maximum absolute atomic E-state index is 12.3. The second-order valence-corrected chi connectivity index (χ2v) is 7.36. The van der Waals surface area contributed by atoms with Crippen molar-refractivity contribution >= 4 is 41.0 Å². The molecular formula is C18H23ClN4O3S. The highest BCUT2D eigenvalue weighted by molar-refractivity contribution is 7.07. The zero-order valence-electron chi connectivity index (χ0n) is 15.1. The fourth-order valence-corrected chi connectivity index (χ4v) is 4.08. The minimum Gasteiger partial charge on any atom is -0.326 e. The number of carbonyl (C=O) groups is 1. The van der Waals surface area contributed by atoms with Crippen molar-refractivity contribution in [2.45, 2.75) is 44.6 Å². The number of carbonyl (C=O) groups excluding carboxylic acids is 1. The van der Waals surface area contributed by atoms with Gasteiger partial charge in [-0.2, -0.15) is 0 Å². The molecule has 0 radical (unpaired) electrons. The van der Waals surface area contributed by atoms with Crippen molar-refractivity contribution in [3.05, 3.63) is 50.3 Å². The fraction of sp³-hybridized carbons (Fsp3) is 0.444. The van der Waals surface area contributed by atoms with Gasteiger partial charge in [0.2, 0.25) is 5.91 Å². The van der Waals surface area contributed by atoms with Gasteiger partial charge in [-0.3, -0.25) is 19.9 Å². The number of amides is 1. The molecule has 0 unspecified atom stereocenters. The molecule has 1 N–H and O–H groups in total. The van der Waals surface area contributed by atoms with Gasteiger partial charge < -0.3 is 9.88 Å². The van der Waals surface area contributed by atoms with Crippen LogP contribution in [0, 0.1) is 10.1 Å². The molecule has 0 saturated heterocycles. The van der Waals surface area contributed by atoms with Gasteiger partial charge in [-0.25, -0.2) is 0 Å². The smallest absolute Gasteiger partial charge is 0.271 e. The second kappa shape index (κ2) is 9.66. The van der Waals surface area contributed by atoms with E-state index in [0.717, 1.165) is 23.3 Å². The molecule has 27 heavy (non-hydrogen) atoms. The summed E-state index contributed by atoms with van der Waals surface area (Å²) in [5.41, 5.74) is 1.26. The summed E-state index contributed by atoms with van der Waals surface area (Å²) < 4.78 is 1.96. The van der Waals surface area contributed by atoms with Crippen molar-refractivity contribution in [2.24, 2.45) is 12.0 Å². The van der Waals surface area contributed by atoms with E-state index < -0.39 is 4.92 Å². The van der Waals surface area contributed by atoms with Crippen molar-refractivity contribution in [3.63, 3.8) is 0 Å². The minimum atomic E-state index is -0.479. The van der Waals surface area contributed by atoms with Crippen molar-refractivity contribution in [1.29, 1.82) is 0 Å². The van der Waals surface area contributed by atoms with Crippen LogP contribution in [0.3, 0.4) is 0 Å². The summed E-state index contributed by atoms with van der Waals surface area (Å²) >= 11 is 1.55. The lowest BCUT2D eigenvalue weighted by molar-refractivity contribution is -0.384. The number of nitro benzene ring substituents is 1. The molecule has 1 aromatic carbocycles. The SMILES string of the molecule is Cl.Cn1c(CC(=O)Nc2cccc([N+](=O)[O-])c2)csc1=NC1CCCCC1. The third kappa shape index (κ3) is 5.64. The van der Waals surface area contributed by atoms with E-state index >= 15 is 0 Å². The van der Waals surface area contributed by atoms with Crippen LogP contribution in [0.1, 0.15) is 37.8 Å². The third-order valence-electron chi connectivity index (χ3n) is 4.57. The average molecular weight is 411 g/mol. The molecule has 3 rings (SSSR count).